The Bertz CT molecular complexity index is 1400. The van der Waals surface area contributed by atoms with E-state index in [0.717, 1.165) is 45.9 Å². The van der Waals surface area contributed by atoms with Crippen molar-refractivity contribution in [2.45, 2.75) is 52.1 Å². The molecule has 1 aliphatic rings. The zero-order chi connectivity index (χ0) is 24.5. The Morgan fingerprint density at radius 2 is 1.83 bits per heavy atom. The molecule has 6 heteroatoms. The van der Waals surface area contributed by atoms with Gasteiger partial charge in [0.1, 0.15) is 0 Å². The molecule has 0 spiro atoms. The summed E-state index contributed by atoms with van der Waals surface area (Å²) < 4.78 is 2.10. The van der Waals surface area contributed by atoms with Crippen LogP contribution in [0, 0.1) is 18.8 Å². The van der Waals surface area contributed by atoms with E-state index >= 15 is 0 Å². The van der Waals surface area contributed by atoms with Crippen LogP contribution in [0.25, 0.3) is 21.8 Å². The first-order valence-electron chi connectivity index (χ1n) is 12.4. The van der Waals surface area contributed by atoms with E-state index in [2.05, 4.69) is 34.1 Å². The zero-order valence-electron chi connectivity index (χ0n) is 20.2. The average molecular weight is 470 g/mol. The highest BCUT2D eigenvalue weighted by Crippen LogP contribution is 2.31. The Hall–Kier alpha value is -3.67. The number of aromatic nitrogens is 2. The van der Waals surface area contributed by atoms with Crippen LogP contribution in [0.3, 0.4) is 0 Å². The van der Waals surface area contributed by atoms with Gasteiger partial charge in [-0.05, 0) is 81.3 Å². The van der Waals surface area contributed by atoms with Crippen molar-refractivity contribution in [1.29, 1.82) is 0 Å². The average Bonchev–Trinajstić information content (AvgIpc) is 3.25. The van der Waals surface area contributed by atoms with Crippen molar-refractivity contribution >= 4 is 33.7 Å². The molecule has 1 amide bonds. The Labute approximate surface area is 205 Å². The van der Waals surface area contributed by atoms with Gasteiger partial charge in [-0.2, -0.15) is 0 Å². The van der Waals surface area contributed by atoms with E-state index in [1.54, 1.807) is 0 Å². The van der Waals surface area contributed by atoms with Crippen molar-refractivity contribution in [1.82, 2.24) is 14.9 Å². The van der Waals surface area contributed by atoms with Crippen LogP contribution in [0.2, 0.25) is 0 Å². The lowest BCUT2D eigenvalue weighted by molar-refractivity contribution is -0.143. The first-order valence-corrected chi connectivity index (χ1v) is 12.4. The number of carbonyl (C=O) groups is 2. The van der Waals surface area contributed by atoms with Gasteiger partial charge < -0.3 is 15.0 Å². The minimum absolute atomic E-state index is 0.0154. The van der Waals surface area contributed by atoms with Crippen LogP contribution >= 0.6 is 0 Å². The quantitative estimate of drug-likeness (QED) is 0.387. The molecule has 2 heterocycles. The van der Waals surface area contributed by atoms with E-state index in [-0.39, 0.29) is 17.9 Å². The second kappa shape index (κ2) is 9.53. The fourth-order valence-electron chi connectivity index (χ4n) is 5.44. The third-order valence-electron chi connectivity index (χ3n) is 7.43. The molecule has 5 rings (SSSR count). The van der Waals surface area contributed by atoms with Crippen LogP contribution in [-0.2, 0) is 11.3 Å². The highest BCUT2D eigenvalue weighted by atomic mass is 16.4. The highest BCUT2D eigenvalue weighted by molar-refractivity contribution is 6.06. The maximum Gasteiger partial charge on any atom is 0.306 e. The predicted octanol–water partition coefficient (Wildman–Crippen LogP) is 5.56. The van der Waals surface area contributed by atoms with Gasteiger partial charge in [0.05, 0.1) is 34.8 Å². The number of benzene rings is 2. The summed E-state index contributed by atoms with van der Waals surface area (Å²) in [5.41, 5.74) is 4.51. The summed E-state index contributed by atoms with van der Waals surface area (Å²) in [5, 5.41) is 14.6. The molecule has 1 aliphatic carbocycles. The summed E-state index contributed by atoms with van der Waals surface area (Å²) in [6.45, 7) is 4.62. The second-order valence-electron chi connectivity index (χ2n) is 9.90. The normalized spacial score (nSPS) is 19.0. The number of para-hydroxylation sites is 1. The number of carboxylic acids is 1. The first-order chi connectivity index (χ1) is 16.9. The van der Waals surface area contributed by atoms with Crippen molar-refractivity contribution in [2.75, 3.05) is 0 Å². The number of hydrogen-bond acceptors (Lipinski definition) is 3. The summed E-state index contributed by atoms with van der Waals surface area (Å²) in [6, 6.07) is 18.3. The third kappa shape index (κ3) is 4.78. The summed E-state index contributed by atoms with van der Waals surface area (Å²) in [6.07, 6.45) is 5.03. The largest absolute Gasteiger partial charge is 0.481 e. The minimum Gasteiger partial charge on any atom is -0.481 e. The number of aliphatic carboxylic acids is 1. The number of nitrogens with one attached hydrogen (secondary N) is 1. The molecular weight excluding hydrogens is 438 g/mol. The maximum absolute atomic E-state index is 13.5. The van der Waals surface area contributed by atoms with Crippen LogP contribution in [0.5, 0.6) is 0 Å². The molecule has 1 atom stereocenters. The van der Waals surface area contributed by atoms with Crippen LogP contribution in [0.15, 0.2) is 60.8 Å². The lowest BCUT2D eigenvalue weighted by atomic mass is 9.79. The standard InChI is InChI=1S/C29H31N3O3/c1-18-15-23-13-14-32(17-24-12-11-21-5-3-4-6-26(21)31-24)27(23)25(16-18)28(33)30-19(2)20-7-9-22(10-8-20)29(34)35/h3-6,11-16,19-20,22H,7-10,17H2,1-2H3,(H,30,33)(H,34,35). The minimum atomic E-state index is -0.705. The number of fused-ring (bicyclic) bond motifs is 2. The molecule has 0 radical (unpaired) electrons. The van der Waals surface area contributed by atoms with E-state index in [1.165, 1.54) is 0 Å². The van der Waals surface area contributed by atoms with Crippen molar-refractivity contribution < 1.29 is 14.7 Å². The predicted molar refractivity (Wildman–Crippen MR) is 138 cm³/mol. The number of nitrogens with zero attached hydrogens (tertiary/aromatic N) is 2. The fourth-order valence-corrected chi connectivity index (χ4v) is 5.44. The van der Waals surface area contributed by atoms with Gasteiger partial charge in [0.2, 0.25) is 0 Å². The van der Waals surface area contributed by atoms with Gasteiger partial charge in [-0.1, -0.05) is 24.3 Å². The van der Waals surface area contributed by atoms with Crippen molar-refractivity contribution in [3.8, 4) is 0 Å². The second-order valence-corrected chi connectivity index (χ2v) is 9.90. The van der Waals surface area contributed by atoms with Crippen LogP contribution in [-0.4, -0.2) is 32.6 Å². The summed E-state index contributed by atoms with van der Waals surface area (Å²) in [4.78, 5) is 29.6. The molecule has 1 fully saturated rings. The van der Waals surface area contributed by atoms with Crippen molar-refractivity contribution in [3.63, 3.8) is 0 Å². The molecule has 0 saturated heterocycles. The monoisotopic (exact) mass is 469 g/mol. The van der Waals surface area contributed by atoms with Crippen molar-refractivity contribution in [2.24, 2.45) is 11.8 Å². The number of rotatable bonds is 6. The van der Waals surface area contributed by atoms with Gasteiger partial charge in [-0.25, -0.2) is 0 Å². The molecule has 1 unspecified atom stereocenters. The molecule has 35 heavy (non-hydrogen) atoms. The third-order valence-corrected chi connectivity index (χ3v) is 7.43. The lowest BCUT2D eigenvalue weighted by Gasteiger charge is -2.31. The first kappa shape index (κ1) is 23.1. The molecule has 2 aromatic heterocycles. The number of carboxylic acid groups (broad SMARTS) is 1. The zero-order valence-corrected chi connectivity index (χ0v) is 20.2. The Balaban J connectivity index is 1.39. The molecule has 1 saturated carbocycles. The van der Waals surface area contributed by atoms with Gasteiger partial charge >= 0.3 is 5.97 Å². The van der Waals surface area contributed by atoms with Crippen molar-refractivity contribution in [3.05, 3.63) is 77.6 Å². The van der Waals surface area contributed by atoms with E-state index in [4.69, 9.17) is 4.98 Å². The summed E-state index contributed by atoms with van der Waals surface area (Å²) in [5.74, 6) is -0.747. The van der Waals surface area contributed by atoms with Gasteiger partial charge in [-0.3, -0.25) is 14.6 Å². The van der Waals surface area contributed by atoms with Gasteiger partial charge in [-0.15, -0.1) is 0 Å². The molecule has 6 nitrogen and oxygen atoms in total. The van der Waals surface area contributed by atoms with Crippen LogP contribution in [0.4, 0.5) is 0 Å². The van der Waals surface area contributed by atoms with Gasteiger partial charge in [0.15, 0.2) is 0 Å². The Morgan fingerprint density at radius 3 is 2.60 bits per heavy atom. The van der Waals surface area contributed by atoms with Gasteiger partial charge in [0.25, 0.3) is 5.91 Å². The number of carbonyl (C=O) groups excluding carboxylic acids is 1. The summed E-state index contributed by atoms with van der Waals surface area (Å²) >= 11 is 0. The summed E-state index contributed by atoms with van der Waals surface area (Å²) in [7, 11) is 0. The van der Waals surface area contributed by atoms with E-state index < -0.39 is 5.97 Å². The number of aryl methyl sites for hydroxylation is 1. The highest BCUT2D eigenvalue weighted by Gasteiger charge is 2.30. The Kier molecular flexibility index (Phi) is 6.29. The number of pyridine rings is 1. The molecule has 2 aromatic carbocycles. The van der Waals surface area contributed by atoms with Crippen LogP contribution < -0.4 is 5.32 Å². The number of hydrogen-bond donors (Lipinski definition) is 2. The smallest absolute Gasteiger partial charge is 0.306 e. The number of amides is 1. The maximum atomic E-state index is 13.5. The SMILES string of the molecule is Cc1cc(C(=O)NC(C)C2CCC(C(=O)O)CC2)c2c(ccn2Cc2ccc3ccccc3n2)c1. The fraction of sp³-hybridized carbons (Fsp3) is 0.345. The molecular formula is C29H31N3O3. The molecule has 0 aliphatic heterocycles. The molecule has 4 aromatic rings. The van der Waals surface area contributed by atoms with E-state index in [0.29, 0.717) is 30.9 Å². The van der Waals surface area contributed by atoms with E-state index in [9.17, 15) is 14.7 Å². The van der Waals surface area contributed by atoms with E-state index in [1.807, 2.05) is 50.4 Å². The molecule has 0 bridgehead atoms. The van der Waals surface area contributed by atoms with Gasteiger partial charge in [0, 0.05) is 23.0 Å². The van der Waals surface area contributed by atoms with Crippen LogP contribution in [0.1, 0.15) is 54.2 Å². The topological polar surface area (TPSA) is 84.2 Å². The molecule has 2 N–H and O–H groups in total. The lowest BCUT2D eigenvalue weighted by Crippen LogP contribution is -2.40. The molecule has 180 valence electrons. The Morgan fingerprint density at radius 1 is 1.06 bits per heavy atom.